The minimum atomic E-state index is 0.616. The molecule has 1 heterocycles. The summed E-state index contributed by atoms with van der Waals surface area (Å²) in [6, 6.07) is 0. The summed E-state index contributed by atoms with van der Waals surface area (Å²) in [5.74, 6) is 0. The third-order valence-corrected chi connectivity index (χ3v) is 1.69. The van der Waals surface area contributed by atoms with Gasteiger partial charge in [0.25, 0.3) is 0 Å². The summed E-state index contributed by atoms with van der Waals surface area (Å²) in [6.45, 7) is 5.30. The van der Waals surface area contributed by atoms with Crippen LogP contribution in [0, 0.1) is 0 Å². The van der Waals surface area contributed by atoms with Gasteiger partial charge in [0.2, 0.25) is 0 Å². The fourth-order valence-corrected chi connectivity index (χ4v) is 0.971. The number of hydrogen-bond acceptors (Lipinski definition) is 1. The minimum absolute atomic E-state index is 0.616. The van der Waals surface area contributed by atoms with Gasteiger partial charge in [-0.05, 0) is 33.1 Å². The molecule has 10 heavy (non-hydrogen) atoms. The molecule has 0 aliphatic carbocycles. The highest BCUT2D eigenvalue weighted by Crippen LogP contribution is 2.16. The van der Waals surface area contributed by atoms with Gasteiger partial charge < -0.3 is 4.74 Å². The van der Waals surface area contributed by atoms with E-state index in [4.69, 9.17) is 4.74 Å². The first kappa shape index (κ1) is 7.80. The second-order valence-corrected chi connectivity index (χ2v) is 3.17. The van der Waals surface area contributed by atoms with Gasteiger partial charge in [0.15, 0.2) is 0 Å². The lowest BCUT2D eigenvalue weighted by Gasteiger charge is -1.92. The molecule has 58 valence electrons. The van der Waals surface area contributed by atoms with Crippen LogP contribution in [-0.4, -0.2) is 12.7 Å². The molecule has 1 rings (SSSR count). The molecule has 0 unspecified atom stereocenters. The summed E-state index contributed by atoms with van der Waals surface area (Å²) in [5, 5.41) is 0. The SMILES string of the molecule is CC(C)=CCCC[C@@H]1CO1. The zero-order valence-corrected chi connectivity index (χ0v) is 6.89. The Labute approximate surface area is 63.1 Å². The van der Waals surface area contributed by atoms with Crippen molar-refractivity contribution in [2.45, 2.75) is 39.2 Å². The lowest BCUT2D eigenvalue weighted by atomic mass is 10.1. The van der Waals surface area contributed by atoms with Crippen LogP contribution in [0.15, 0.2) is 11.6 Å². The molecule has 0 saturated carbocycles. The van der Waals surface area contributed by atoms with E-state index in [0.29, 0.717) is 6.10 Å². The van der Waals surface area contributed by atoms with Gasteiger partial charge in [0.05, 0.1) is 12.7 Å². The lowest BCUT2D eigenvalue weighted by molar-refractivity contribution is 0.392. The van der Waals surface area contributed by atoms with Crippen molar-refractivity contribution in [2.24, 2.45) is 0 Å². The summed E-state index contributed by atoms with van der Waals surface area (Å²) < 4.78 is 5.09. The van der Waals surface area contributed by atoms with Gasteiger partial charge in [0.1, 0.15) is 0 Å². The van der Waals surface area contributed by atoms with E-state index in [1.54, 1.807) is 0 Å². The molecule has 1 nitrogen and oxygen atoms in total. The number of allylic oxidation sites excluding steroid dienone is 2. The Kier molecular flexibility index (Phi) is 2.94. The summed E-state index contributed by atoms with van der Waals surface area (Å²) in [4.78, 5) is 0. The number of ether oxygens (including phenoxy) is 1. The Hall–Kier alpha value is -0.300. The monoisotopic (exact) mass is 140 g/mol. The van der Waals surface area contributed by atoms with Crippen molar-refractivity contribution in [3.8, 4) is 0 Å². The molecule has 0 N–H and O–H groups in total. The molecule has 1 atom stereocenters. The average molecular weight is 140 g/mol. The third-order valence-electron chi connectivity index (χ3n) is 1.69. The van der Waals surface area contributed by atoms with E-state index in [1.807, 2.05) is 0 Å². The fraction of sp³-hybridized carbons (Fsp3) is 0.778. The van der Waals surface area contributed by atoms with Gasteiger partial charge in [-0.2, -0.15) is 0 Å². The Morgan fingerprint density at radius 2 is 2.30 bits per heavy atom. The van der Waals surface area contributed by atoms with Crippen LogP contribution in [0.4, 0.5) is 0 Å². The Morgan fingerprint density at radius 1 is 1.60 bits per heavy atom. The molecule has 0 aromatic carbocycles. The van der Waals surface area contributed by atoms with E-state index in [1.165, 1.54) is 24.8 Å². The first-order valence-electron chi connectivity index (χ1n) is 4.04. The third kappa shape index (κ3) is 3.67. The number of hydrogen-bond donors (Lipinski definition) is 0. The quantitative estimate of drug-likeness (QED) is 0.332. The van der Waals surface area contributed by atoms with E-state index in [0.717, 1.165) is 6.61 Å². The van der Waals surface area contributed by atoms with Crippen molar-refractivity contribution in [2.75, 3.05) is 6.61 Å². The van der Waals surface area contributed by atoms with Crippen LogP contribution in [0.2, 0.25) is 0 Å². The maximum atomic E-state index is 5.09. The zero-order chi connectivity index (χ0) is 7.40. The molecule has 0 aromatic rings. The van der Waals surface area contributed by atoms with Gasteiger partial charge in [-0.15, -0.1) is 0 Å². The smallest absolute Gasteiger partial charge is 0.0810 e. The van der Waals surface area contributed by atoms with E-state index in [2.05, 4.69) is 19.9 Å². The van der Waals surface area contributed by atoms with E-state index >= 15 is 0 Å². The Morgan fingerprint density at radius 3 is 2.80 bits per heavy atom. The van der Waals surface area contributed by atoms with Crippen molar-refractivity contribution in [3.05, 3.63) is 11.6 Å². The molecular formula is C9H16O. The second kappa shape index (κ2) is 3.77. The molecule has 0 aromatic heterocycles. The maximum Gasteiger partial charge on any atom is 0.0810 e. The summed E-state index contributed by atoms with van der Waals surface area (Å²) in [5.41, 5.74) is 1.43. The highest BCUT2D eigenvalue weighted by atomic mass is 16.6. The van der Waals surface area contributed by atoms with Gasteiger partial charge in [-0.3, -0.25) is 0 Å². The minimum Gasteiger partial charge on any atom is -0.373 e. The number of rotatable bonds is 4. The first-order valence-corrected chi connectivity index (χ1v) is 4.04. The highest BCUT2D eigenvalue weighted by Gasteiger charge is 2.20. The lowest BCUT2D eigenvalue weighted by Crippen LogP contribution is -1.83. The van der Waals surface area contributed by atoms with E-state index in [9.17, 15) is 0 Å². The molecule has 1 fully saturated rings. The van der Waals surface area contributed by atoms with Crippen molar-refractivity contribution >= 4 is 0 Å². The van der Waals surface area contributed by atoms with Gasteiger partial charge in [-0.25, -0.2) is 0 Å². The molecule has 0 amide bonds. The summed E-state index contributed by atoms with van der Waals surface area (Å²) >= 11 is 0. The highest BCUT2D eigenvalue weighted by molar-refractivity contribution is 4.92. The van der Waals surface area contributed by atoms with Crippen molar-refractivity contribution < 1.29 is 4.74 Å². The van der Waals surface area contributed by atoms with Crippen LogP contribution in [0.1, 0.15) is 33.1 Å². The van der Waals surface area contributed by atoms with Crippen molar-refractivity contribution in [1.29, 1.82) is 0 Å². The zero-order valence-electron chi connectivity index (χ0n) is 6.89. The average Bonchev–Trinajstić information content (AvgIpc) is 2.62. The topological polar surface area (TPSA) is 12.5 Å². The maximum absolute atomic E-state index is 5.09. The standard InChI is InChI=1S/C9H16O/c1-8(2)5-3-4-6-9-7-10-9/h5,9H,3-4,6-7H2,1-2H3/t9-/m1/s1. The summed E-state index contributed by atoms with van der Waals surface area (Å²) in [6.07, 6.45) is 6.68. The molecule has 1 aliphatic rings. The van der Waals surface area contributed by atoms with Gasteiger partial charge in [0, 0.05) is 0 Å². The van der Waals surface area contributed by atoms with Gasteiger partial charge in [-0.1, -0.05) is 11.6 Å². The number of unbranched alkanes of at least 4 members (excludes halogenated alkanes) is 1. The Balaban J connectivity index is 1.89. The molecular weight excluding hydrogens is 124 g/mol. The molecule has 1 saturated heterocycles. The fourth-order valence-electron chi connectivity index (χ4n) is 0.971. The van der Waals surface area contributed by atoms with Crippen LogP contribution < -0.4 is 0 Å². The predicted molar refractivity (Wildman–Crippen MR) is 43.0 cm³/mol. The molecule has 1 heteroatoms. The summed E-state index contributed by atoms with van der Waals surface area (Å²) in [7, 11) is 0. The van der Waals surface area contributed by atoms with E-state index < -0.39 is 0 Å². The molecule has 0 radical (unpaired) electrons. The van der Waals surface area contributed by atoms with Crippen LogP contribution >= 0.6 is 0 Å². The van der Waals surface area contributed by atoms with E-state index in [-0.39, 0.29) is 0 Å². The Bertz CT molecular complexity index is 119. The van der Waals surface area contributed by atoms with Crippen LogP contribution in [0.5, 0.6) is 0 Å². The van der Waals surface area contributed by atoms with Crippen molar-refractivity contribution in [3.63, 3.8) is 0 Å². The molecule has 0 bridgehead atoms. The number of epoxide rings is 1. The predicted octanol–water partition coefficient (Wildman–Crippen LogP) is 2.52. The van der Waals surface area contributed by atoms with Crippen LogP contribution in [-0.2, 0) is 4.74 Å². The molecule has 1 aliphatic heterocycles. The van der Waals surface area contributed by atoms with Crippen LogP contribution in [0.25, 0.3) is 0 Å². The van der Waals surface area contributed by atoms with Crippen molar-refractivity contribution in [1.82, 2.24) is 0 Å². The largest absolute Gasteiger partial charge is 0.373 e. The second-order valence-electron chi connectivity index (χ2n) is 3.17. The first-order chi connectivity index (χ1) is 4.79. The normalized spacial score (nSPS) is 22.4. The van der Waals surface area contributed by atoms with Crippen LogP contribution in [0.3, 0.4) is 0 Å². The molecule has 0 spiro atoms. The van der Waals surface area contributed by atoms with Gasteiger partial charge >= 0.3 is 0 Å².